The number of pyridine rings is 1. The van der Waals surface area contributed by atoms with Crippen molar-refractivity contribution in [1.82, 2.24) is 4.98 Å². The number of anilines is 3. The first kappa shape index (κ1) is 15.3. The Balaban J connectivity index is 1.63. The molecular formula is C18H22N4O. The van der Waals surface area contributed by atoms with Gasteiger partial charge < -0.3 is 15.5 Å². The second kappa shape index (κ2) is 7.13. The molecule has 0 atom stereocenters. The van der Waals surface area contributed by atoms with Crippen molar-refractivity contribution in [2.45, 2.75) is 19.3 Å². The third-order valence-corrected chi connectivity index (χ3v) is 4.13. The van der Waals surface area contributed by atoms with E-state index in [4.69, 9.17) is 0 Å². The Morgan fingerprint density at radius 2 is 1.78 bits per heavy atom. The topological polar surface area (TPSA) is 57.3 Å². The maximum absolute atomic E-state index is 12.2. The standard InChI is InChI=1S/C18H22N4O/c1-19-17-10-5-14(13-20-17)18(23)21-15-6-8-16(9-7-15)22-11-3-2-4-12-22/h5-10,13H,2-4,11-12H2,1H3,(H,19,20)(H,21,23). The molecule has 120 valence electrons. The lowest BCUT2D eigenvalue weighted by atomic mass is 10.1. The highest BCUT2D eigenvalue weighted by Crippen LogP contribution is 2.22. The average molecular weight is 310 g/mol. The van der Waals surface area contributed by atoms with Gasteiger partial charge in [-0.05, 0) is 55.7 Å². The fourth-order valence-electron chi connectivity index (χ4n) is 2.79. The molecule has 2 N–H and O–H groups in total. The number of nitrogens with one attached hydrogen (secondary N) is 2. The number of hydrogen-bond acceptors (Lipinski definition) is 4. The number of nitrogens with zero attached hydrogens (tertiary/aromatic N) is 2. The first-order chi connectivity index (χ1) is 11.3. The third kappa shape index (κ3) is 3.80. The molecule has 0 saturated carbocycles. The van der Waals surface area contributed by atoms with Gasteiger partial charge in [0.15, 0.2) is 0 Å². The minimum absolute atomic E-state index is 0.147. The predicted octanol–water partition coefficient (Wildman–Crippen LogP) is 3.37. The molecule has 0 bridgehead atoms. The van der Waals surface area contributed by atoms with E-state index < -0.39 is 0 Å². The summed E-state index contributed by atoms with van der Waals surface area (Å²) in [6, 6.07) is 11.6. The van der Waals surface area contributed by atoms with Crippen LogP contribution < -0.4 is 15.5 Å². The number of hydrogen-bond donors (Lipinski definition) is 2. The summed E-state index contributed by atoms with van der Waals surface area (Å²) in [5.41, 5.74) is 2.57. The predicted molar refractivity (Wildman–Crippen MR) is 94.2 cm³/mol. The Bertz CT molecular complexity index is 646. The molecule has 0 aliphatic carbocycles. The van der Waals surface area contributed by atoms with Gasteiger partial charge in [0, 0.05) is 37.7 Å². The Morgan fingerprint density at radius 3 is 2.39 bits per heavy atom. The van der Waals surface area contributed by atoms with Crippen LogP contribution in [-0.2, 0) is 0 Å². The van der Waals surface area contributed by atoms with Crippen LogP contribution in [0.2, 0.25) is 0 Å². The van der Waals surface area contributed by atoms with Gasteiger partial charge in [0.05, 0.1) is 5.56 Å². The van der Waals surface area contributed by atoms with Crippen molar-refractivity contribution in [2.24, 2.45) is 0 Å². The molecule has 1 aliphatic heterocycles. The molecule has 5 heteroatoms. The smallest absolute Gasteiger partial charge is 0.257 e. The first-order valence-corrected chi connectivity index (χ1v) is 8.06. The number of rotatable bonds is 4. The van der Waals surface area contributed by atoms with Crippen molar-refractivity contribution in [2.75, 3.05) is 35.7 Å². The Labute approximate surface area is 136 Å². The maximum Gasteiger partial charge on any atom is 0.257 e. The van der Waals surface area contributed by atoms with Gasteiger partial charge in [0.25, 0.3) is 5.91 Å². The molecular weight excluding hydrogens is 288 g/mol. The average Bonchev–Trinajstić information content (AvgIpc) is 2.63. The zero-order valence-electron chi connectivity index (χ0n) is 13.4. The van der Waals surface area contributed by atoms with Crippen molar-refractivity contribution >= 4 is 23.1 Å². The van der Waals surface area contributed by atoms with Gasteiger partial charge in [0.1, 0.15) is 5.82 Å². The van der Waals surface area contributed by atoms with Crippen molar-refractivity contribution in [3.63, 3.8) is 0 Å². The monoisotopic (exact) mass is 310 g/mol. The van der Waals surface area contributed by atoms with Crippen LogP contribution in [0.15, 0.2) is 42.6 Å². The summed E-state index contributed by atoms with van der Waals surface area (Å²) >= 11 is 0. The molecule has 0 radical (unpaired) electrons. The fraction of sp³-hybridized carbons (Fsp3) is 0.333. The van der Waals surface area contributed by atoms with E-state index in [2.05, 4.69) is 32.7 Å². The summed E-state index contributed by atoms with van der Waals surface area (Å²) in [5, 5.41) is 5.84. The van der Waals surface area contributed by atoms with Crippen LogP contribution in [0.1, 0.15) is 29.6 Å². The molecule has 2 aromatic rings. The molecule has 3 rings (SSSR count). The second-order valence-electron chi connectivity index (χ2n) is 5.73. The van der Waals surface area contributed by atoms with E-state index in [-0.39, 0.29) is 5.91 Å². The lowest BCUT2D eigenvalue weighted by Crippen LogP contribution is -2.29. The van der Waals surface area contributed by atoms with Crippen LogP contribution in [0, 0.1) is 0 Å². The Hall–Kier alpha value is -2.56. The largest absolute Gasteiger partial charge is 0.373 e. The first-order valence-electron chi connectivity index (χ1n) is 8.06. The van der Waals surface area contributed by atoms with E-state index >= 15 is 0 Å². The highest BCUT2D eigenvalue weighted by molar-refractivity contribution is 6.04. The molecule has 23 heavy (non-hydrogen) atoms. The van der Waals surface area contributed by atoms with Crippen LogP contribution in [0.4, 0.5) is 17.2 Å². The summed E-state index contributed by atoms with van der Waals surface area (Å²) in [7, 11) is 1.80. The molecule has 1 saturated heterocycles. The lowest BCUT2D eigenvalue weighted by Gasteiger charge is -2.28. The summed E-state index contributed by atoms with van der Waals surface area (Å²) in [4.78, 5) is 18.8. The minimum atomic E-state index is -0.147. The SMILES string of the molecule is CNc1ccc(C(=O)Nc2ccc(N3CCCCC3)cc2)cn1. The Kier molecular flexibility index (Phi) is 4.76. The summed E-state index contributed by atoms with van der Waals surface area (Å²) in [6.45, 7) is 2.24. The van der Waals surface area contributed by atoms with E-state index in [1.807, 2.05) is 12.1 Å². The minimum Gasteiger partial charge on any atom is -0.373 e. The molecule has 0 spiro atoms. The molecule has 1 aliphatic rings. The number of carbonyl (C=O) groups excluding carboxylic acids is 1. The second-order valence-corrected chi connectivity index (χ2v) is 5.73. The van der Waals surface area contributed by atoms with Gasteiger partial charge in [-0.15, -0.1) is 0 Å². The van der Waals surface area contributed by atoms with E-state index in [1.165, 1.54) is 24.9 Å². The zero-order valence-corrected chi connectivity index (χ0v) is 13.4. The van der Waals surface area contributed by atoms with Gasteiger partial charge in [-0.2, -0.15) is 0 Å². The maximum atomic E-state index is 12.2. The zero-order chi connectivity index (χ0) is 16.1. The van der Waals surface area contributed by atoms with Crippen LogP contribution >= 0.6 is 0 Å². The number of amides is 1. The van der Waals surface area contributed by atoms with E-state index in [0.29, 0.717) is 5.56 Å². The molecule has 1 aromatic heterocycles. The van der Waals surface area contributed by atoms with Crippen molar-refractivity contribution in [1.29, 1.82) is 0 Å². The number of benzene rings is 1. The number of carbonyl (C=O) groups is 1. The lowest BCUT2D eigenvalue weighted by molar-refractivity contribution is 0.102. The number of aromatic nitrogens is 1. The quantitative estimate of drug-likeness (QED) is 0.909. The third-order valence-electron chi connectivity index (χ3n) is 4.13. The van der Waals surface area contributed by atoms with Gasteiger partial charge in [-0.3, -0.25) is 4.79 Å². The van der Waals surface area contributed by atoms with Crippen LogP contribution in [0.5, 0.6) is 0 Å². The van der Waals surface area contributed by atoms with Crippen LogP contribution in [-0.4, -0.2) is 31.0 Å². The summed E-state index contributed by atoms with van der Waals surface area (Å²) in [5.74, 6) is 0.596. The van der Waals surface area contributed by atoms with E-state index in [9.17, 15) is 4.79 Å². The molecule has 1 amide bonds. The van der Waals surface area contributed by atoms with Crippen molar-refractivity contribution in [3.8, 4) is 0 Å². The number of piperidine rings is 1. The molecule has 0 unspecified atom stereocenters. The molecule has 5 nitrogen and oxygen atoms in total. The molecule has 1 fully saturated rings. The van der Waals surface area contributed by atoms with Gasteiger partial charge in [0.2, 0.25) is 0 Å². The van der Waals surface area contributed by atoms with E-state index in [1.54, 1.807) is 25.4 Å². The van der Waals surface area contributed by atoms with Crippen molar-refractivity contribution in [3.05, 3.63) is 48.2 Å². The molecule has 1 aromatic carbocycles. The highest BCUT2D eigenvalue weighted by atomic mass is 16.1. The highest BCUT2D eigenvalue weighted by Gasteiger charge is 2.11. The summed E-state index contributed by atoms with van der Waals surface area (Å²) in [6.07, 6.45) is 5.41. The molecule has 2 heterocycles. The van der Waals surface area contributed by atoms with Crippen LogP contribution in [0.25, 0.3) is 0 Å². The Morgan fingerprint density at radius 1 is 1.04 bits per heavy atom. The normalized spacial score (nSPS) is 14.4. The van der Waals surface area contributed by atoms with Gasteiger partial charge in [-0.1, -0.05) is 0 Å². The summed E-state index contributed by atoms with van der Waals surface area (Å²) < 4.78 is 0. The fourth-order valence-corrected chi connectivity index (χ4v) is 2.79. The van der Waals surface area contributed by atoms with E-state index in [0.717, 1.165) is 24.6 Å². The van der Waals surface area contributed by atoms with Gasteiger partial charge >= 0.3 is 0 Å². The van der Waals surface area contributed by atoms with Crippen molar-refractivity contribution < 1.29 is 4.79 Å². The van der Waals surface area contributed by atoms with Crippen LogP contribution in [0.3, 0.4) is 0 Å². The van der Waals surface area contributed by atoms with Gasteiger partial charge in [-0.25, -0.2) is 4.98 Å².